The Morgan fingerprint density at radius 3 is 2.36 bits per heavy atom. The maximum atomic E-state index is 12.4. The number of pyridine rings is 1. The van der Waals surface area contributed by atoms with Crippen LogP contribution in [-0.2, 0) is 26.6 Å². The molecule has 1 aromatic heterocycles. The van der Waals surface area contributed by atoms with Gasteiger partial charge in [0, 0.05) is 25.5 Å². The molecule has 134 valence electrons. The Morgan fingerprint density at radius 1 is 1.04 bits per heavy atom. The summed E-state index contributed by atoms with van der Waals surface area (Å²) in [7, 11) is -6.98. The molecule has 0 aliphatic carbocycles. The van der Waals surface area contributed by atoms with Gasteiger partial charge in [0.2, 0.25) is 20.0 Å². The average molecular weight is 381 g/mol. The lowest BCUT2D eigenvalue weighted by Crippen LogP contribution is -2.37. The molecule has 1 aromatic carbocycles. The Bertz CT molecular complexity index is 927. The summed E-state index contributed by atoms with van der Waals surface area (Å²) in [5, 5.41) is 0. The van der Waals surface area contributed by atoms with E-state index in [2.05, 4.69) is 9.71 Å². The fourth-order valence-electron chi connectivity index (χ4n) is 2.63. The first-order valence-electron chi connectivity index (χ1n) is 7.87. The lowest BCUT2D eigenvalue weighted by molar-refractivity contribution is 0.574. The van der Waals surface area contributed by atoms with E-state index >= 15 is 0 Å². The summed E-state index contributed by atoms with van der Waals surface area (Å²) in [6.45, 7) is 0.585. The highest BCUT2D eigenvalue weighted by molar-refractivity contribution is 7.92. The predicted octanol–water partition coefficient (Wildman–Crippen LogP) is 1.49. The lowest BCUT2D eigenvalue weighted by atomic mass is 10.3. The fourth-order valence-corrected chi connectivity index (χ4v) is 5.29. The molecule has 9 heteroatoms. The van der Waals surface area contributed by atoms with E-state index in [1.807, 2.05) is 0 Å². The zero-order chi connectivity index (χ0) is 17.9. The van der Waals surface area contributed by atoms with Crippen molar-refractivity contribution in [3.05, 3.63) is 54.4 Å². The maximum Gasteiger partial charge on any atom is 0.240 e. The third kappa shape index (κ3) is 4.17. The largest absolute Gasteiger partial charge is 0.270 e. The SMILES string of the molecule is O=S(=O)(NCc1ccncc1)c1ccc(N2CCCCS2(=O)=O)cc1. The molecule has 0 unspecified atom stereocenters. The van der Waals surface area contributed by atoms with Gasteiger partial charge in [0.1, 0.15) is 0 Å². The Hall–Kier alpha value is -1.97. The lowest BCUT2D eigenvalue weighted by Gasteiger charge is -2.28. The second-order valence-corrected chi connectivity index (χ2v) is 9.55. The van der Waals surface area contributed by atoms with Gasteiger partial charge >= 0.3 is 0 Å². The minimum absolute atomic E-state index is 0.0970. The number of aromatic nitrogens is 1. The second kappa shape index (κ2) is 7.11. The number of nitrogens with one attached hydrogen (secondary N) is 1. The van der Waals surface area contributed by atoms with Gasteiger partial charge < -0.3 is 0 Å². The zero-order valence-electron chi connectivity index (χ0n) is 13.5. The van der Waals surface area contributed by atoms with Gasteiger partial charge in [0.25, 0.3) is 0 Å². The van der Waals surface area contributed by atoms with Crippen LogP contribution in [0.2, 0.25) is 0 Å². The Labute approximate surface area is 147 Å². The van der Waals surface area contributed by atoms with Crippen LogP contribution in [0, 0.1) is 0 Å². The summed E-state index contributed by atoms with van der Waals surface area (Å²) in [6.07, 6.45) is 4.64. The predicted molar refractivity (Wildman–Crippen MR) is 95.1 cm³/mol. The van der Waals surface area contributed by atoms with E-state index in [1.165, 1.54) is 28.6 Å². The van der Waals surface area contributed by atoms with Gasteiger partial charge in [-0.05, 0) is 54.8 Å². The monoisotopic (exact) mass is 381 g/mol. The molecule has 7 nitrogen and oxygen atoms in total. The van der Waals surface area contributed by atoms with E-state index in [0.29, 0.717) is 18.7 Å². The van der Waals surface area contributed by atoms with Crippen molar-refractivity contribution in [1.82, 2.24) is 9.71 Å². The van der Waals surface area contributed by atoms with Crippen molar-refractivity contribution < 1.29 is 16.8 Å². The maximum absolute atomic E-state index is 12.4. The first kappa shape index (κ1) is 17.8. The first-order valence-corrected chi connectivity index (χ1v) is 11.0. The number of anilines is 1. The van der Waals surface area contributed by atoms with E-state index in [-0.39, 0.29) is 17.2 Å². The van der Waals surface area contributed by atoms with E-state index in [1.54, 1.807) is 24.5 Å². The van der Waals surface area contributed by atoms with Crippen molar-refractivity contribution in [1.29, 1.82) is 0 Å². The molecule has 0 amide bonds. The summed E-state index contributed by atoms with van der Waals surface area (Å²) >= 11 is 0. The molecule has 1 fully saturated rings. The van der Waals surface area contributed by atoms with Crippen LogP contribution in [0.15, 0.2) is 53.7 Å². The van der Waals surface area contributed by atoms with Crippen molar-refractivity contribution in [2.45, 2.75) is 24.3 Å². The van der Waals surface area contributed by atoms with Crippen LogP contribution in [0.5, 0.6) is 0 Å². The molecule has 25 heavy (non-hydrogen) atoms. The summed E-state index contributed by atoms with van der Waals surface area (Å²) in [4.78, 5) is 3.98. The summed E-state index contributed by atoms with van der Waals surface area (Å²) in [5.74, 6) is 0.126. The molecule has 2 heterocycles. The Balaban J connectivity index is 1.75. The van der Waals surface area contributed by atoms with Crippen LogP contribution in [-0.4, -0.2) is 34.1 Å². The molecule has 1 saturated heterocycles. The fraction of sp³-hybridized carbons (Fsp3) is 0.312. The molecule has 3 rings (SSSR count). The van der Waals surface area contributed by atoms with Gasteiger partial charge in [-0.15, -0.1) is 0 Å². The van der Waals surface area contributed by atoms with Crippen LogP contribution in [0.1, 0.15) is 18.4 Å². The molecular formula is C16H19N3O4S2. The molecule has 0 saturated carbocycles. The first-order chi connectivity index (χ1) is 11.9. The van der Waals surface area contributed by atoms with Crippen LogP contribution in [0.3, 0.4) is 0 Å². The average Bonchev–Trinajstić information content (AvgIpc) is 2.61. The van der Waals surface area contributed by atoms with Crippen molar-refractivity contribution in [3.8, 4) is 0 Å². The molecule has 0 atom stereocenters. The molecule has 0 radical (unpaired) electrons. The number of sulfonamides is 2. The van der Waals surface area contributed by atoms with E-state index in [9.17, 15) is 16.8 Å². The highest BCUT2D eigenvalue weighted by atomic mass is 32.2. The van der Waals surface area contributed by atoms with Crippen LogP contribution >= 0.6 is 0 Å². The zero-order valence-corrected chi connectivity index (χ0v) is 15.1. The molecule has 1 N–H and O–H groups in total. The number of rotatable bonds is 5. The van der Waals surface area contributed by atoms with Crippen LogP contribution in [0.25, 0.3) is 0 Å². The highest BCUT2D eigenvalue weighted by Crippen LogP contribution is 2.24. The third-order valence-corrected chi connectivity index (χ3v) is 7.29. The van der Waals surface area contributed by atoms with Gasteiger partial charge in [-0.2, -0.15) is 0 Å². The molecule has 0 spiro atoms. The minimum atomic E-state index is -3.67. The van der Waals surface area contributed by atoms with E-state index < -0.39 is 20.0 Å². The number of benzene rings is 1. The summed E-state index contributed by atoms with van der Waals surface area (Å²) < 4.78 is 52.8. The highest BCUT2D eigenvalue weighted by Gasteiger charge is 2.26. The van der Waals surface area contributed by atoms with Crippen molar-refractivity contribution >= 4 is 25.7 Å². The van der Waals surface area contributed by atoms with Crippen molar-refractivity contribution in [2.75, 3.05) is 16.6 Å². The molecule has 2 aromatic rings. The van der Waals surface area contributed by atoms with Crippen molar-refractivity contribution in [3.63, 3.8) is 0 Å². The third-order valence-electron chi connectivity index (χ3n) is 4.00. The summed E-state index contributed by atoms with van der Waals surface area (Å²) in [5.41, 5.74) is 1.29. The van der Waals surface area contributed by atoms with Crippen LogP contribution in [0.4, 0.5) is 5.69 Å². The van der Waals surface area contributed by atoms with Gasteiger partial charge in [-0.3, -0.25) is 9.29 Å². The number of hydrogen-bond donors (Lipinski definition) is 1. The number of hydrogen-bond acceptors (Lipinski definition) is 5. The Kier molecular flexibility index (Phi) is 5.07. The summed E-state index contributed by atoms with van der Waals surface area (Å²) in [6, 6.07) is 9.37. The van der Waals surface area contributed by atoms with Crippen molar-refractivity contribution in [2.24, 2.45) is 0 Å². The van der Waals surface area contributed by atoms with E-state index in [0.717, 1.165) is 12.0 Å². The topological polar surface area (TPSA) is 96.4 Å². The minimum Gasteiger partial charge on any atom is -0.270 e. The van der Waals surface area contributed by atoms with E-state index in [4.69, 9.17) is 0 Å². The standard InChI is InChI=1S/C16H19N3O4S2/c20-24(21)12-2-1-11-19(24)15-3-5-16(6-4-15)25(22,23)18-13-14-7-9-17-10-8-14/h3-10,18H,1-2,11-13H2. The van der Waals surface area contributed by atoms with Gasteiger partial charge in [-0.25, -0.2) is 21.6 Å². The number of nitrogens with zero attached hydrogens (tertiary/aromatic N) is 2. The Morgan fingerprint density at radius 2 is 1.72 bits per heavy atom. The molecule has 1 aliphatic heterocycles. The quantitative estimate of drug-likeness (QED) is 0.846. The van der Waals surface area contributed by atoms with Gasteiger partial charge in [0.05, 0.1) is 16.3 Å². The molecular weight excluding hydrogens is 362 g/mol. The second-order valence-electron chi connectivity index (χ2n) is 5.77. The van der Waals surface area contributed by atoms with Gasteiger partial charge in [0.15, 0.2) is 0 Å². The van der Waals surface area contributed by atoms with Gasteiger partial charge in [-0.1, -0.05) is 0 Å². The molecule has 0 bridgehead atoms. The van der Waals surface area contributed by atoms with Crippen LogP contribution < -0.4 is 9.03 Å². The molecule has 1 aliphatic rings. The smallest absolute Gasteiger partial charge is 0.240 e. The normalized spacial score (nSPS) is 17.4.